The van der Waals surface area contributed by atoms with E-state index in [1.165, 1.54) is 36.4 Å². The number of nitrogens with one attached hydrogen (secondary N) is 1. The minimum Gasteiger partial charge on any atom is -0.373 e. The number of carbonyl (C=O) groups is 1. The van der Waals surface area contributed by atoms with E-state index >= 15 is 0 Å². The Morgan fingerprint density at radius 2 is 2.00 bits per heavy atom. The van der Waals surface area contributed by atoms with E-state index in [9.17, 15) is 4.79 Å². The van der Waals surface area contributed by atoms with Gasteiger partial charge in [0.2, 0.25) is 0 Å². The topological polar surface area (TPSA) is 41.6 Å². The summed E-state index contributed by atoms with van der Waals surface area (Å²) < 4.78 is 5.70. The highest BCUT2D eigenvalue weighted by molar-refractivity contribution is 7.14. The number of nitrogens with zero attached hydrogens (tertiary/aromatic N) is 1. The summed E-state index contributed by atoms with van der Waals surface area (Å²) in [6.07, 6.45) is 4.97. The van der Waals surface area contributed by atoms with Crippen LogP contribution in [-0.4, -0.2) is 30.5 Å². The van der Waals surface area contributed by atoms with Gasteiger partial charge in [-0.05, 0) is 62.0 Å². The molecule has 138 valence electrons. The fraction of sp³-hybridized carbons (Fsp3) is 0.476. The summed E-state index contributed by atoms with van der Waals surface area (Å²) in [5, 5.41) is 3.06. The first-order valence-electron chi connectivity index (χ1n) is 9.58. The van der Waals surface area contributed by atoms with Gasteiger partial charge in [-0.2, -0.15) is 0 Å². The maximum Gasteiger partial charge on any atom is 0.261 e. The predicted molar refractivity (Wildman–Crippen MR) is 104 cm³/mol. The average molecular weight is 371 g/mol. The van der Waals surface area contributed by atoms with E-state index in [1.54, 1.807) is 11.3 Å². The lowest BCUT2D eigenvalue weighted by atomic mass is 10.1. The maximum absolute atomic E-state index is 12.5. The van der Waals surface area contributed by atoms with Crippen LogP contribution in [0, 0.1) is 0 Å². The van der Waals surface area contributed by atoms with Crippen LogP contribution in [0.3, 0.4) is 0 Å². The van der Waals surface area contributed by atoms with Crippen molar-refractivity contribution in [2.24, 2.45) is 0 Å². The summed E-state index contributed by atoms with van der Waals surface area (Å²) in [6, 6.07) is 12.5. The van der Waals surface area contributed by atoms with Gasteiger partial charge in [-0.25, -0.2) is 0 Å². The van der Waals surface area contributed by atoms with Crippen molar-refractivity contribution in [1.82, 2.24) is 10.2 Å². The molecule has 5 heteroatoms. The number of amides is 1. The van der Waals surface area contributed by atoms with Gasteiger partial charge in [0, 0.05) is 24.6 Å². The van der Waals surface area contributed by atoms with Crippen molar-refractivity contribution in [3.63, 3.8) is 0 Å². The predicted octanol–water partition coefficient (Wildman–Crippen LogP) is 4.13. The Kier molecular flexibility index (Phi) is 5.68. The lowest BCUT2D eigenvalue weighted by Crippen LogP contribution is -2.22. The molecule has 1 unspecified atom stereocenters. The maximum atomic E-state index is 12.5. The van der Waals surface area contributed by atoms with E-state index in [2.05, 4.69) is 34.5 Å². The van der Waals surface area contributed by atoms with Crippen molar-refractivity contribution < 1.29 is 9.53 Å². The van der Waals surface area contributed by atoms with E-state index in [4.69, 9.17) is 4.74 Å². The van der Waals surface area contributed by atoms with Gasteiger partial charge < -0.3 is 10.1 Å². The van der Waals surface area contributed by atoms with Gasteiger partial charge >= 0.3 is 0 Å². The molecule has 0 aliphatic carbocycles. The summed E-state index contributed by atoms with van der Waals surface area (Å²) in [5.74, 6) is 0.00388. The average Bonchev–Trinajstić information content (AvgIpc) is 3.41. The highest BCUT2D eigenvalue weighted by Gasteiger charge is 2.20. The molecule has 0 radical (unpaired) electrons. The molecule has 2 aliphatic rings. The van der Waals surface area contributed by atoms with Crippen LogP contribution in [0.25, 0.3) is 0 Å². The molecule has 26 heavy (non-hydrogen) atoms. The Labute approximate surface area is 159 Å². The van der Waals surface area contributed by atoms with Gasteiger partial charge in [0.15, 0.2) is 0 Å². The third-order valence-electron chi connectivity index (χ3n) is 5.15. The van der Waals surface area contributed by atoms with Crippen molar-refractivity contribution in [2.45, 2.75) is 44.9 Å². The number of rotatable bonds is 6. The van der Waals surface area contributed by atoms with Gasteiger partial charge in [0.1, 0.15) is 0 Å². The van der Waals surface area contributed by atoms with Crippen molar-refractivity contribution in [2.75, 3.05) is 19.7 Å². The third kappa shape index (κ3) is 4.34. The Morgan fingerprint density at radius 3 is 2.81 bits per heavy atom. The summed E-state index contributed by atoms with van der Waals surface area (Å²) in [6.45, 7) is 4.81. The van der Waals surface area contributed by atoms with Gasteiger partial charge in [-0.1, -0.05) is 24.3 Å². The van der Waals surface area contributed by atoms with Crippen LogP contribution in [0.4, 0.5) is 0 Å². The standard InChI is InChI=1S/C21H26N2O2S/c24-21(20-9-8-19(26-20)18-7-4-12-25-18)22-14-16-5-3-6-17(13-16)15-23-10-1-2-11-23/h3,5-6,8-9,13,18H,1-2,4,7,10-12,14-15H2,(H,22,24). The molecule has 1 atom stereocenters. The number of thiophene rings is 1. The molecule has 2 saturated heterocycles. The van der Waals surface area contributed by atoms with Gasteiger partial charge in [-0.15, -0.1) is 11.3 Å². The smallest absolute Gasteiger partial charge is 0.261 e. The first-order valence-corrected chi connectivity index (χ1v) is 10.4. The van der Waals surface area contributed by atoms with E-state index in [1.807, 2.05) is 12.1 Å². The highest BCUT2D eigenvalue weighted by Crippen LogP contribution is 2.33. The molecule has 1 aromatic carbocycles. The zero-order valence-electron chi connectivity index (χ0n) is 15.1. The summed E-state index contributed by atoms with van der Waals surface area (Å²) in [7, 11) is 0. The quantitative estimate of drug-likeness (QED) is 0.831. The normalized spacial score (nSPS) is 20.5. The van der Waals surface area contributed by atoms with Crippen molar-refractivity contribution in [3.05, 3.63) is 57.3 Å². The van der Waals surface area contributed by atoms with Crippen LogP contribution in [0.5, 0.6) is 0 Å². The number of carbonyl (C=O) groups excluding carboxylic acids is 1. The zero-order chi connectivity index (χ0) is 17.8. The first kappa shape index (κ1) is 17.7. The second kappa shape index (κ2) is 8.33. The number of likely N-dealkylation sites (tertiary alicyclic amines) is 1. The Balaban J connectivity index is 1.32. The lowest BCUT2D eigenvalue weighted by Gasteiger charge is -2.15. The molecule has 4 nitrogen and oxygen atoms in total. The molecule has 0 bridgehead atoms. The van der Waals surface area contributed by atoms with Gasteiger partial charge in [0.25, 0.3) is 5.91 Å². The largest absolute Gasteiger partial charge is 0.373 e. The molecule has 1 amide bonds. The Bertz CT molecular complexity index is 746. The minimum absolute atomic E-state index is 0.00388. The van der Waals surface area contributed by atoms with Gasteiger partial charge in [0.05, 0.1) is 11.0 Å². The third-order valence-corrected chi connectivity index (χ3v) is 6.32. The molecule has 2 aromatic rings. The monoisotopic (exact) mass is 370 g/mol. The first-order chi connectivity index (χ1) is 12.8. The zero-order valence-corrected chi connectivity index (χ0v) is 15.9. The van der Waals surface area contributed by atoms with Crippen molar-refractivity contribution in [3.8, 4) is 0 Å². The Morgan fingerprint density at radius 1 is 1.15 bits per heavy atom. The summed E-state index contributed by atoms with van der Waals surface area (Å²) >= 11 is 1.55. The SMILES string of the molecule is O=C(NCc1cccc(CN2CCCC2)c1)c1ccc(C2CCCO2)s1. The van der Waals surface area contributed by atoms with Crippen LogP contribution < -0.4 is 5.32 Å². The Hall–Kier alpha value is -1.69. The molecule has 0 saturated carbocycles. The second-order valence-electron chi connectivity index (χ2n) is 7.19. The van der Waals surface area contributed by atoms with E-state index in [0.717, 1.165) is 36.4 Å². The molecule has 1 N–H and O–H groups in total. The van der Waals surface area contributed by atoms with Crippen LogP contribution in [0.15, 0.2) is 36.4 Å². The minimum atomic E-state index is 0.00388. The van der Waals surface area contributed by atoms with Crippen LogP contribution >= 0.6 is 11.3 Å². The number of hydrogen-bond acceptors (Lipinski definition) is 4. The molecule has 3 heterocycles. The summed E-state index contributed by atoms with van der Waals surface area (Å²) in [4.78, 5) is 16.9. The van der Waals surface area contributed by atoms with Gasteiger partial charge in [-0.3, -0.25) is 9.69 Å². The molecule has 1 aromatic heterocycles. The van der Waals surface area contributed by atoms with Crippen LogP contribution in [0.1, 0.15) is 57.5 Å². The molecule has 0 spiro atoms. The lowest BCUT2D eigenvalue weighted by molar-refractivity contribution is 0.0955. The van der Waals surface area contributed by atoms with Crippen LogP contribution in [-0.2, 0) is 17.8 Å². The van der Waals surface area contributed by atoms with Crippen molar-refractivity contribution in [1.29, 1.82) is 0 Å². The summed E-state index contributed by atoms with van der Waals surface area (Å²) in [5.41, 5.74) is 2.49. The number of ether oxygens (including phenoxy) is 1. The molecular formula is C21H26N2O2S. The second-order valence-corrected chi connectivity index (χ2v) is 8.30. The number of benzene rings is 1. The fourth-order valence-corrected chi connectivity index (χ4v) is 4.76. The number of hydrogen-bond donors (Lipinski definition) is 1. The van der Waals surface area contributed by atoms with Crippen molar-refractivity contribution >= 4 is 17.2 Å². The molecule has 4 rings (SSSR count). The van der Waals surface area contributed by atoms with E-state index < -0.39 is 0 Å². The molecule has 2 fully saturated rings. The van der Waals surface area contributed by atoms with Crippen LogP contribution in [0.2, 0.25) is 0 Å². The molecule has 2 aliphatic heterocycles. The fourth-order valence-electron chi connectivity index (χ4n) is 3.76. The molecular weight excluding hydrogens is 344 g/mol. The highest BCUT2D eigenvalue weighted by atomic mass is 32.1. The van der Waals surface area contributed by atoms with E-state index in [0.29, 0.717) is 6.54 Å². The van der Waals surface area contributed by atoms with E-state index in [-0.39, 0.29) is 12.0 Å².